The van der Waals surface area contributed by atoms with Gasteiger partial charge in [-0.3, -0.25) is 0 Å². The number of halogens is 1. The predicted molar refractivity (Wildman–Crippen MR) is 89.1 cm³/mol. The van der Waals surface area contributed by atoms with Gasteiger partial charge in [-0.1, -0.05) is 29.9 Å². The monoisotopic (exact) mass is 302 g/mol. The first-order valence-electron chi connectivity index (χ1n) is 6.61. The molecule has 2 nitrogen and oxygen atoms in total. The lowest BCUT2D eigenvalue weighted by atomic mass is 10.1. The van der Waals surface area contributed by atoms with Gasteiger partial charge in [0.15, 0.2) is 0 Å². The van der Waals surface area contributed by atoms with Crippen LogP contribution in [0.4, 0.5) is 11.4 Å². The second-order valence-corrected chi connectivity index (χ2v) is 5.89. The van der Waals surface area contributed by atoms with Gasteiger partial charge in [-0.2, -0.15) is 0 Å². The molecule has 0 aromatic heterocycles. The Kier molecular flexibility index (Phi) is 3.64. The summed E-state index contributed by atoms with van der Waals surface area (Å²) in [6.45, 7) is 0. The fourth-order valence-electron chi connectivity index (χ4n) is 2.63. The van der Waals surface area contributed by atoms with Gasteiger partial charge in [0, 0.05) is 22.0 Å². The number of fused-ring (bicyclic) bond motifs is 1. The molecular weight excluding hydrogens is 288 g/mol. The molecule has 2 aromatic rings. The van der Waals surface area contributed by atoms with Crippen LogP contribution in [0.5, 0.6) is 0 Å². The van der Waals surface area contributed by atoms with Crippen molar-refractivity contribution in [2.75, 3.05) is 5.32 Å². The number of hydrogen-bond acceptors (Lipinski definition) is 2. The van der Waals surface area contributed by atoms with E-state index in [4.69, 9.17) is 29.6 Å². The Morgan fingerprint density at radius 2 is 1.90 bits per heavy atom. The summed E-state index contributed by atoms with van der Waals surface area (Å²) < 4.78 is 0. The second-order valence-electron chi connectivity index (χ2n) is 5.02. The van der Waals surface area contributed by atoms with Crippen LogP contribution in [0.1, 0.15) is 23.1 Å². The quantitative estimate of drug-likeness (QED) is 0.834. The molecule has 0 fully saturated rings. The van der Waals surface area contributed by atoms with Gasteiger partial charge in [0.05, 0.1) is 0 Å². The molecule has 0 atom stereocenters. The van der Waals surface area contributed by atoms with Crippen molar-refractivity contribution in [3.63, 3.8) is 0 Å². The molecule has 0 saturated carbocycles. The van der Waals surface area contributed by atoms with Gasteiger partial charge in [-0.25, -0.2) is 0 Å². The SMILES string of the molecule is NC(=S)c1cc(Cl)ccc1Nc1ccc2c(c1)CCC2. The largest absolute Gasteiger partial charge is 0.389 e. The Bertz CT molecular complexity index is 682. The lowest BCUT2D eigenvalue weighted by molar-refractivity contribution is 0.912. The Labute approximate surface area is 128 Å². The van der Waals surface area contributed by atoms with Crippen molar-refractivity contribution < 1.29 is 0 Å². The Morgan fingerprint density at radius 1 is 1.10 bits per heavy atom. The van der Waals surface area contributed by atoms with E-state index in [0.29, 0.717) is 10.0 Å². The third kappa shape index (κ3) is 2.65. The van der Waals surface area contributed by atoms with Crippen molar-refractivity contribution in [1.29, 1.82) is 0 Å². The van der Waals surface area contributed by atoms with Gasteiger partial charge in [0.25, 0.3) is 0 Å². The number of nitrogens with one attached hydrogen (secondary N) is 1. The van der Waals surface area contributed by atoms with Crippen LogP contribution in [-0.2, 0) is 12.8 Å². The topological polar surface area (TPSA) is 38.0 Å². The predicted octanol–water partition coefficient (Wildman–Crippen LogP) is 4.21. The zero-order valence-electron chi connectivity index (χ0n) is 10.9. The van der Waals surface area contributed by atoms with Crippen LogP contribution in [0.2, 0.25) is 5.02 Å². The Hall–Kier alpha value is -1.58. The molecule has 2 aromatic carbocycles. The fourth-order valence-corrected chi connectivity index (χ4v) is 2.98. The summed E-state index contributed by atoms with van der Waals surface area (Å²) in [5.74, 6) is 0. The minimum Gasteiger partial charge on any atom is -0.389 e. The highest BCUT2D eigenvalue weighted by atomic mass is 35.5. The molecule has 1 aliphatic carbocycles. The first kappa shape index (κ1) is 13.4. The summed E-state index contributed by atoms with van der Waals surface area (Å²) in [6, 6.07) is 12.0. The van der Waals surface area contributed by atoms with E-state index in [0.717, 1.165) is 23.4 Å². The highest BCUT2D eigenvalue weighted by Gasteiger charge is 2.12. The Balaban J connectivity index is 1.93. The first-order chi connectivity index (χ1) is 9.63. The lowest BCUT2D eigenvalue weighted by Gasteiger charge is -2.13. The third-order valence-corrected chi connectivity index (χ3v) is 4.08. The van der Waals surface area contributed by atoms with E-state index in [-0.39, 0.29) is 0 Å². The zero-order chi connectivity index (χ0) is 14.1. The molecule has 0 radical (unpaired) electrons. The van der Waals surface area contributed by atoms with Gasteiger partial charge < -0.3 is 11.1 Å². The Morgan fingerprint density at radius 3 is 2.70 bits per heavy atom. The molecule has 20 heavy (non-hydrogen) atoms. The minimum atomic E-state index is 0.344. The number of anilines is 2. The molecule has 0 bridgehead atoms. The standard InChI is InChI=1S/C16H15ClN2S/c17-12-5-7-15(14(9-12)16(18)20)19-13-6-4-10-2-1-3-11(10)8-13/h4-9,19H,1-3H2,(H2,18,20). The van der Waals surface area contributed by atoms with Crippen LogP contribution in [0.3, 0.4) is 0 Å². The molecule has 0 amide bonds. The second kappa shape index (κ2) is 5.43. The van der Waals surface area contributed by atoms with Crippen LogP contribution in [0.25, 0.3) is 0 Å². The number of thiocarbonyl (C=S) groups is 1. The van der Waals surface area contributed by atoms with Crippen LogP contribution >= 0.6 is 23.8 Å². The molecule has 4 heteroatoms. The molecule has 0 spiro atoms. The number of nitrogens with two attached hydrogens (primary N) is 1. The summed E-state index contributed by atoms with van der Waals surface area (Å²) in [4.78, 5) is 0.344. The van der Waals surface area contributed by atoms with E-state index in [1.54, 1.807) is 6.07 Å². The first-order valence-corrected chi connectivity index (χ1v) is 7.40. The van der Waals surface area contributed by atoms with Gasteiger partial charge in [0.1, 0.15) is 4.99 Å². The molecule has 102 valence electrons. The molecule has 0 aliphatic heterocycles. The number of rotatable bonds is 3. The minimum absolute atomic E-state index is 0.344. The summed E-state index contributed by atoms with van der Waals surface area (Å²) in [5, 5.41) is 4.02. The highest BCUT2D eigenvalue weighted by molar-refractivity contribution is 7.80. The van der Waals surface area contributed by atoms with Gasteiger partial charge >= 0.3 is 0 Å². The fraction of sp³-hybridized carbons (Fsp3) is 0.188. The van der Waals surface area contributed by atoms with Gasteiger partial charge in [-0.05, 0) is 60.7 Å². The number of hydrogen-bond donors (Lipinski definition) is 2. The van der Waals surface area contributed by atoms with E-state index in [1.165, 1.54) is 24.0 Å². The van der Waals surface area contributed by atoms with Crippen molar-refractivity contribution in [3.05, 3.63) is 58.1 Å². The normalized spacial score (nSPS) is 13.1. The van der Waals surface area contributed by atoms with E-state index in [1.807, 2.05) is 12.1 Å². The molecule has 3 rings (SSSR count). The van der Waals surface area contributed by atoms with Crippen LogP contribution in [-0.4, -0.2) is 4.99 Å². The average Bonchev–Trinajstić information content (AvgIpc) is 2.88. The van der Waals surface area contributed by atoms with Crippen LogP contribution in [0, 0.1) is 0 Å². The lowest BCUT2D eigenvalue weighted by Crippen LogP contribution is -2.12. The summed E-state index contributed by atoms with van der Waals surface area (Å²) in [7, 11) is 0. The van der Waals surface area contributed by atoms with E-state index >= 15 is 0 Å². The summed E-state index contributed by atoms with van der Waals surface area (Å²) in [6.07, 6.45) is 3.60. The van der Waals surface area contributed by atoms with Crippen molar-refractivity contribution in [3.8, 4) is 0 Å². The summed E-state index contributed by atoms with van der Waals surface area (Å²) >= 11 is 11.1. The van der Waals surface area contributed by atoms with Crippen molar-refractivity contribution in [1.82, 2.24) is 0 Å². The molecule has 0 heterocycles. The molecule has 1 aliphatic rings. The van der Waals surface area contributed by atoms with Gasteiger partial charge in [-0.15, -0.1) is 0 Å². The molecule has 3 N–H and O–H groups in total. The maximum absolute atomic E-state index is 6.00. The van der Waals surface area contributed by atoms with E-state index in [9.17, 15) is 0 Å². The zero-order valence-corrected chi connectivity index (χ0v) is 12.5. The number of aryl methyl sites for hydroxylation is 2. The van der Waals surface area contributed by atoms with E-state index in [2.05, 4.69) is 23.5 Å². The average molecular weight is 303 g/mol. The molecular formula is C16H15ClN2S. The molecule has 0 saturated heterocycles. The van der Waals surface area contributed by atoms with Crippen molar-refractivity contribution in [2.45, 2.75) is 19.3 Å². The number of benzene rings is 2. The maximum Gasteiger partial charge on any atom is 0.106 e. The van der Waals surface area contributed by atoms with E-state index < -0.39 is 0 Å². The summed E-state index contributed by atoms with van der Waals surface area (Å²) in [5.41, 5.74) is 11.4. The van der Waals surface area contributed by atoms with Crippen molar-refractivity contribution in [2.24, 2.45) is 5.73 Å². The third-order valence-electron chi connectivity index (χ3n) is 3.62. The molecule has 0 unspecified atom stereocenters. The van der Waals surface area contributed by atoms with Crippen molar-refractivity contribution >= 4 is 40.2 Å². The maximum atomic E-state index is 6.00. The van der Waals surface area contributed by atoms with Gasteiger partial charge in [0.2, 0.25) is 0 Å². The van der Waals surface area contributed by atoms with Crippen LogP contribution < -0.4 is 11.1 Å². The highest BCUT2D eigenvalue weighted by Crippen LogP contribution is 2.28. The smallest absolute Gasteiger partial charge is 0.106 e. The van der Waals surface area contributed by atoms with Crippen LogP contribution in [0.15, 0.2) is 36.4 Å².